The lowest BCUT2D eigenvalue weighted by Crippen LogP contribution is -2.43. The Balaban J connectivity index is 1.95. The molecule has 0 spiro atoms. The molecular formula is C14H16FN3O. The standard InChI is InChI=1S/C14H16FN3O/c1-14(4-2-3-5-14)18-13(19)10-6-9(15)7-11-12(10)17-8-16-11/h6-8H,2-5H2,1H3,(H,16,17)(H,18,19). The average Bonchev–Trinajstić information content (AvgIpc) is 2.96. The second-order valence-electron chi connectivity index (χ2n) is 5.47. The minimum Gasteiger partial charge on any atom is -0.347 e. The number of aromatic amines is 1. The number of imidazole rings is 1. The smallest absolute Gasteiger partial charge is 0.254 e. The van der Waals surface area contributed by atoms with Gasteiger partial charge in [-0.25, -0.2) is 9.37 Å². The summed E-state index contributed by atoms with van der Waals surface area (Å²) in [7, 11) is 0. The molecule has 0 atom stereocenters. The fraction of sp³-hybridized carbons (Fsp3) is 0.429. The van der Waals surface area contributed by atoms with E-state index in [1.807, 2.05) is 6.92 Å². The predicted octanol–water partition coefficient (Wildman–Crippen LogP) is 2.76. The average molecular weight is 261 g/mol. The van der Waals surface area contributed by atoms with Gasteiger partial charge in [0, 0.05) is 5.54 Å². The Labute approximate surface area is 110 Å². The molecule has 100 valence electrons. The first-order valence-electron chi connectivity index (χ1n) is 6.53. The number of carbonyl (C=O) groups excluding carboxylic acids is 1. The molecule has 1 heterocycles. The molecule has 1 amide bonds. The summed E-state index contributed by atoms with van der Waals surface area (Å²) < 4.78 is 13.5. The minimum absolute atomic E-state index is 0.175. The summed E-state index contributed by atoms with van der Waals surface area (Å²) in [5.41, 5.74) is 1.18. The fourth-order valence-electron chi connectivity index (χ4n) is 2.81. The van der Waals surface area contributed by atoms with Gasteiger partial charge in [0.2, 0.25) is 0 Å². The van der Waals surface area contributed by atoms with Crippen LogP contribution in [0.5, 0.6) is 0 Å². The van der Waals surface area contributed by atoms with Gasteiger partial charge in [-0.15, -0.1) is 0 Å². The molecule has 5 heteroatoms. The zero-order chi connectivity index (χ0) is 13.5. The summed E-state index contributed by atoms with van der Waals surface area (Å²) in [5, 5.41) is 3.02. The predicted molar refractivity (Wildman–Crippen MR) is 70.4 cm³/mol. The van der Waals surface area contributed by atoms with Crippen molar-refractivity contribution in [3.63, 3.8) is 0 Å². The number of hydrogen-bond donors (Lipinski definition) is 2. The van der Waals surface area contributed by atoms with E-state index in [-0.39, 0.29) is 11.4 Å². The zero-order valence-corrected chi connectivity index (χ0v) is 10.8. The van der Waals surface area contributed by atoms with E-state index in [9.17, 15) is 9.18 Å². The van der Waals surface area contributed by atoms with Crippen molar-refractivity contribution in [2.45, 2.75) is 38.1 Å². The van der Waals surface area contributed by atoms with Crippen LogP contribution in [0.1, 0.15) is 43.0 Å². The Morgan fingerprint density at radius 1 is 1.42 bits per heavy atom. The van der Waals surface area contributed by atoms with Crippen molar-refractivity contribution in [3.05, 3.63) is 29.8 Å². The number of amides is 1. The van der Waals surface area contributed by atoms with Crippen LogP contribution < -0.4 is 5.32 Å². The number of nitrogens with one attached hydrogen (secondary N) is 2. The number of H-pyrrole nitrogens is 1. The maximum absolute atomic E-state index is 13.5. The summed E-state index contributed by atoms with van der Waals surface area (Å²) in [5.74, 6) is -0.681. The molecule has 1 fully saturated rings. The molecular weight excluding hydrogens is 245 g/mol. The van der Waals surface area contributed by atoms with Crippen LogP contribution in [0.3, 0.4) is 0 Å². The summed E-state index contributed by atoms with van der Waals surface area (Å²) in [6.45, 7) is 2.04. The number of halogens is 1. The molecule has 2 N–H and O–H groups in total. The number of aromatic nitrogens is 2. The SMILES string of the molecule is CC1(NC(=O)c2cc(F)cc3[nH]cnc23)CCCC1. The van der Waals surface area contributed by atoms with Crippen LogP contribution in [0.15, 0.2) is 18.5 Å². The van der Waals surface area contributed by atoms with Gasteiger partial charge in [-0.05, 0) is 31.9 Å². The van der Waals surface area contributed by atoms with Crippen LogP contribution in [0.2, 0.25) is 0 Å². The molecule has 3 rings (SSSR count). The second-order valence-corrected chi connectivity index (χ2v) is 5.47. The van der Waals surface area contributed by atoms with E-state index < -0.39 is 5.82 Å². The van der Waals surface area contributed by atoms with Crippen molar-refractivity contribution in [2.75, 3.05) is 0 Å². The summed E-state index contributed by atoms with van der Waals surface area (Å²) in [4.78, 5) is 19.3. The molecule has 0 aliphatic heterocycles. The highest BCUT2D eigenvalue weighted by Crippen LogP contribution is 2.29. The number of rotatable bonds is 2. The third kappa shape index (κ3) is 2.20. The Morgan fingerprint density at radius 3 is 2.89 bits per heavy atom. The molecule has 4 nitrogen and oxygen atoms in total. The van der Waals surface area contributed by atoms with Gasteiger partial charge < -0.3 is 10.3 Å². The maximum Gasteiger partial charge on any atom is 0.254 e. The van der Waals surface area contributed by atoms with Crippen molar-refractivity contribution < 1.29 is 9.18 Å². The van der Waals surface area contributed by atoms with Gasteiger partial charge in [0.15, 0.2) is 0 Å². The normalized spacial score (nSPS) is 17.8. The minimum atomic E-state index is -0.432. The summed E-state index contributed by atoms with van der Waals surface area (Å²) in [6, 6.07) is 2.59. The van der Waals surface area contributed by atoms with Crippen LogP contribution in [0, 0.1) is 5.82 Å². The zero-order valence-electron chi connectivity index (χ0n) is 10.8. The van der Waals surface area contributed by atoms with Gasteiger partial charge in [-0.1, -0.05) is 12.8 Å². The van der Waals surface area contributed by atoms with Crippen molar-refractivity contribution in [3.8, 4) is 0 Å². The van der Waals surface area contributed by atoms with Gasteiger partial charge >= 0.3 is 0 Å². The maximum atomic E-state index is 13.5. The lowest BCUT2D eigenvalue weighted by atomic mass is 10.00. The Kier molecular flexibility index (Phi) is 2.77. The second kappa shape index (κ2) is 4.33. The Morgan fingerprint density at radius 2 is 2.16 bits per heavy atom. The van der Waals surface area contributed by atoms with Crippen molar-refractivity contribution in [2.24, 2.45) is 0 Å². The van der Waals surface area contributed by atoms with Gasteiger partial charge in [-0.3, -0.25) is 4.79 Å². The molecule has 1 aliphatic carbocycles. The lowest BCUT2D eigenvalue weighted by Gasteiger charge is -2.25. The first kappa shape index (κ1) is 12.1. The van der Waals surface area contributed by atoms with Crippen LogP contribution in [-0.2, 0) is 0 Å². The molecule has 0 bridgehead atoms. The molecule has 19 heavy (non-hydrogen) atoms. The van der Waals surface area contributed by atoms with Gasteiger partial charge in [-0.2, -0.15) is 0 Å². The van der Waals surface area contributed by atoms with Crippen molar-refractivity contribution in [1.82, 2.24) is 15.3 Å². The Hall–Kier alpha value is -1.91. The van der Waals surface area contributed by atoms with E-state index in [1.165, 1.54) is 18.5 Å². The summed E-state index contributed by atoms with van der Waals surface area (Å²) >= 11 is 0. The highest BCUT2D eigenvalue weighted by molar-refractivity contribution is 6.05. The van der Waals surface area contributed by atoms with E-state index in [2.05, 4.69) is 15.3 Å². The van der Waals surface area contributed by atoms with Crippen molar-refractivity contribution in [1.29, 1.82) is 0 Å². The first-order chi connectivity index (χ1) is 9.07. The molecule has 0 saturated heterocycles. The number of benzene rings is 1. The molecule has 0 unspecified atom stereocenters. The monoisotopic (exact) mass is 261 g/mol. The molecule has 1 aliphatic rings. The van der Waals surface area contributed by atoms with Crippen molar-refractivity contribution >= 4 is 16.9 Å². The lowest BCUT2D eigenvalue weighted by molar-refractivity contribution is 0.0909. The van der Waals surface area contributed by atoms with E-state index >= 15 is 0 Å². The molecule has 1 aromatic heterocycles. The molecule has 1 aromatic carbocycles. The van der Waals surface area contributed by atoms with E-state index in [0.717, 1.165) is 25.7 Å². The molecule has 2 aromatic rings. The quantitative estimate of drug-likeness (QED) is 0.873. The van der Waals surface area contributed by atoms with Crippen LogP contribution in [-0.4, -0.2) is 21.4 Å². The van der Waals surface area contributed by atoms with Gasteiger partial charge in [0.25, 0.3) is 5.91 Å². The Bertz CT molecular complexity index is 629. The number of carbonyl (C=O) groups is 1. The third-order valence-corrected chi connectivity index (χ3v) is 3.86. The summed E-state index contributed by atoms with van der Waals surface area (Å²) in [6.07, 6.45) is 5.66. The number of fused-ring (bicyclic) bond motifs is 1. The van der Waals surface area contributed by atoms with E-state index in [0.29, 0.717) is 16.6 Å². The number of nitrogens with zero attached hydrogens (tertiary/aromatic N) is 1. The number of hydrogen-bond acceptors (Lipinski definition) is 2. The fourth-order valence-corrected chi connectivity index (χ4v) is 2.81. The highest BCUT2D eigenvalue weighted by atomic mass is 19.1. The topological polar surface area (TPSA) is 57.8 Å². The van der Waals surface area contributed by atoms with Crippen LogP contribution in [0.25, 0.3) is 11.0 Å². The highest BCUT2D eigenvalue weighted by Gasteiger charge is 2.31. The van der Waals surface area contributed by atoms with Crippen LogP contribution in [0.4, 0.5) is 4.39 Å². The molecule has 0 radical (unpaired) electrons. The van der Waals surface area contributed by atoms with Gasteiger partial charge in [0.1, 0.15) is 11.3 Å². The largest absolute Gasteiger partial charge is 0.347 e. The first-order valence-corrected chi connectivity index (χ1v) is 6.53. The van der Waals surface area contributed by atoms with Gasteiger partial charge in [0.05, 0.1) is 17.4 Å². The van der Waals surface area contributed by atoms with E-state index in [1.54, 1.807) is 0 Å². The molecule has 1 saturated carbocycles. The van der Waals surface area contributed by atoms with E-state index in [4.69, 9.17) is 0 Å². The van der Waals surface area contributed by atoms with Crippen LogP contribution >= 0.6 is 0 Å². The third-order valence-electron chi connectivity index (χ3n) is 3.86.